The van der Waals surface area contributed by atoms with Gasteiger partial charge in [0.05, 0.1) is 5.69 Å². The predicted octanol–water partition coefficient (Wildman–Crippen LogP) is 2.43. The zero-order chi connectivity index (χ0) is 13.7. The smallest absolute Gasteiger partial charge is 0.221 e. The van der Waals surface area contributed by atoms with Crippen molar-refractivity contribution in [2.24, 2.45) is 0 Å². The van der Waals surface area contributed by atoms with Gasteiger partial charge in [-0.2, -0.15) is 0 Å². The first-order valence-corrected chi connectivity index (χ1v) is 5.58. The Kier molecular flexibility index (Phi) is 5.00. The van der Waals surface area contributed by atoms with E-state index in [-0.39, 0.29) is 30.6 Å². The van der Waals surface area contributed by atoms with E-state index in [1.807, 2.05) is 13.8 Å². The van der Waals surface area contributed by atoms with Gasteiger partial charge < -0.3 is 10.6 Å². The van der Waals surface area contributed by atoms with Crippen LogP contribution in [0.5, 0.6) is 0 Å². The van der Waals surface area contributed by atoms with E-state index < -0.39 is 17.5 Å². The van der Waals surface area contributed by atoms with Crippen molar-refractivity contribution in [1.82, 2.24) is 5.32 Å². The van der Waals surface area contributed by atoms with Crippen LogP contribution in [0, 0.1) is 17.5 Å². The Morgan fingerprint density at radius 2 is 1.78 bits per heavy atom. The highest BCUT2D eigenvalue weighted by Crippen LogP contribution is 2.18. The average Bonchev–Trinajstić information content (AvgIpc) is 2.24. The van der Waals surface area contributed by atoms with Gasteiger partial charge in [0.2, 0.25) is 5.91 Å². The van der Waals surface area contributed by atoms with Crippen molar-refractivity contribution in [3.05, 3.63) is 29.6 Å². The van der Waals surface area contributed by atoms with Crippen LogP contribution in [-0.4, -0.2) is 18.5 Å². The van der Waals surface area contributed by atoms with Gasteiger partial charge in [-0.3, -0.25) is 4.79 Å². The summed E-state index contributed by atoms with van der Waals surface area (Å²) in [6, 6.07) is 1.22. The summed E-state index contributed by atoms with van der Waals surface area (Å²) in [4.78, 5) is 11.3. The molecule has 0 heterocycles. The van der Waals surface area contributed by atoms with E-state index in [2.05, 4.69) is 10.6 Å². The van der Waals surface area contributed by atoms with Crippen molar-refractivity contribution in [2.45, 2.75) is 26.3 Å². The highest BCUT2D eigenvalue weighted by Gasteiger charge is 2.10. The largest absolute Gasteiger partial charge is 0.382 e. The van der Waals surface area contributed by atoms with Gasteiger partial charge in [0.25, 0.3) is 0 Å². The molecule has 0 bridgehead atoms. The molecule has 2 N–H and O–H groups in total. The lowest BCUT2D eigenvalue weighted by atomic mass is 10.2. The molecular weight excluding hydrogens is 245 g/mol. The van der Waals surface area contributed by atoms with Gasteiger partial charge in [0, 0.05) is 31.1 Å². The number of hydrogen-bond donors (Lipinski definition) is 2. The summed E-state index contributed by atoms with van der Waals surface area (Å²) in [6.07, 6.45) is 0.122. The molecule has 18 heavy (non-hydrogen) atoms. The molecule has 1 aromatic carbocycles. The Bertz CT molecular complexity index is 436. The Morgan fingerprint density at radius 3 is 2.39 bits per heavy atom. The fourth-order valence-electron chi connectivity index (χ4n) is 1.36. The second-order valence-electron chi connectivity index (χ2n) is 4.15. The molecule has 0 atom stereocenters. The van der Waals surface area contributed by atoms with E-state index in [1.165, 1.54) is 0 Å². The lowest BCUT2D eigenvalue weighted by molar-refractivity contribution is -0.121. The van der Waals surface area contributed by atoms with E-state index >= 15 is 0 Å². The Balaban J connectivity index is 2.49. The zero-order valence-electron chi connectivity index (χ0n) is 10.2. The standard InChI is InChI=1S/C12H15F3N2O/c1-7(2)17-12(18)3-4-16-11-6-9(14)8(13)5-10(11)15/h5-7,16H,3-4H2,1-2H3,(H,17,18). The molecule has 1 amide bonds. The third-order valence-corrected chi connectivity index (χ3v) is 2.13. The van der Waals surface area contributed by atoms with Crippen LogP contribution < -0.4 is 10.6 Å². The van der Waals surface area contributed by atoms with Crippen LogP contribution in [-0.2, 0) is 4.79 Å². The SMILES string of the molecule is CC(C)NC(=O)CCNc1cc(F)c(F)cc1F. The number of carbonyl (C=O) groups excluding carboxylic acids is 1. The minimum atomic E-state index is -1.24. The lowest BCUT2D eigenvalue weighted by Crippen LogP contribution is -2.31. The fraction of sp³-hybridized carbons (Fsp3) is 0.417. The molecule has 0 unspecified atom stereocenters. The molecule has 0 aliphatic heterocycles. The van der Waals surface area contributed by atoms with Crippen molar-refractivity contribution in [3.8, 4) is 0 Å². The average molecular weight is 260 g/mol. The molecule has 100 valence electrons. The zero-order valence-corrected chi connectivity index (χ0v) is 10.2. The number of anilines is 1. The van der Waals surface area contributed by atoms with Crippen LogP contribution in [0.25, 0.3) is 0 Å². The summed E-state index contributed by atoms with van der Waals surface area (Å²) in [5.41, 5.74) is -0.161. The molecule has 0 fully saturated rings. The first-order valence-electron chi connectivity index (χ1n) is 5.58. The summed E-state index contributed by atoms with van der Waals surface area (Å²) >= 11 is 0. The van der Waals surface area contributed by atoms with Crippen molar-refractivity contribution >= 4 is 11.6 Å². The number of amides is 1. The first kappa shape index (κ1) is 14.3. The highest BCUT2D eigenvalue weighted by atomic mass is 19.2. The van der Waals surface area contributed by atoms with E-state index in [1.54, 1.807) is 0 Å². The number of benzene rings is 1. The summed E-state index contributed by atoms with van der Waals surface area (Å²) in [5.74, 6) is -3.46. The maximum Gasteiger partial charge on any atom is 0.221 e. The predicted molar refractivity (Wildman–Crippen MR) is 62.7 cm³/mol. The third-order valence-electron chi connectivity index (χ3n) is 2.13. The normalized spacial score (nSPS) is 10.6. The summed E-state index contributed by atoms with van der Waals surface area (Å²) in [5, 5.41) is 5.20. The molecular formula is C12H15F3N2O. The van der Waals surface area contributed by atoms with Gasteiger partial charge in [0.1, 0.15) is 5.82 Å². The molecule has 6 heteroatoms. The van der Waals surface area contributed by atoms with Gasteiger partial charge in [-0.1, -0.05) is 0 Å². The van der Waals surface area contributed by atoms with Gasteiger partial charge in [0.15, 0.2) is 11.6 Å². The molecule has 0 saturated heterocycles. The van der Waals surface area contributed by atoms with Crippen LogP contribution in [0.1, 0.15) is 20.3 Å². The van der Waals surface area contributed by atoms with Crippen molar-refractivity contribution < 1.29 is 18.0 Å². The fourth-order valence-corrected chi connectivity index (χ4v) is 1.36. The topological polar surface area (TPSA) is 41.1 Å². The Labute approximate surface area is 103 Å². The Hall–Kier alpha value is -1.72. The number of carbonyl (C=O) groups is 1. The van der Waals surface area contributed by atoms with Gasteiger partial charge in [-0.15, -0.1) is 0 Å². The lowest BCUT2D eigenvalue weighted by Gasteiger charge is -2.10. The molecule has 0 aliphatic carbocycles. The molecule has 3 nitrogen and oxygen atoms in total. The quantitative estimate of drug-likeness (QED) is 0.798. The van der Waals surface area contributed by atoms with Crippen LogP contribution >= 0.6 is 0 Å². The van der Waals surface area contributed by atoms with Crippen LogP contribution in [0.4, 0.5) is 18.9 Å². The maximum atomic E-state index is 13.2. The second-order valence-corrected chi connectivity index (χ2v) is 4.15. The van der Waals surface area contributed by atoms with E-state index in [9.17, 15) is 18.0 Å². The number of halogens is 3. The molecule has 0 aliphatic rings. The minimum absolute atomic E-state index is 0.0255. The monoisotopic (exact) mass is 260 g/mol. The maximum absolute atomic E-state index is 13.2. The molecule has 0 spiro atoms. The number of nitrogens with one attached hydrogen (secondary N) is 2. The molecule has 1 aromatic rings. The van der Waals surface area contributed by atoms with Gasteiger partial charge in [-0.25, -0.2) is 13.2 Å². The van der Waals surface area contributed by atoms with Crippen molar-refractivity contribution in [1.29, 1.82) is 0 Å². The van der Waals surface area contributed by atoms with E-state index in [4.69, 9.17) is 0 Å². The Morgan fingerprint density at radius 1 is 1.17 bits per heavy atom. The molecule has 0 radical (unpaired) electrons. The van der Waals surface area contributed by atoms with Crippen LogP contribution in [0.2, 0.25) is 0 Å². The second kappa shape index (κ2) is 6.28. The summed E-state index contributed by atoms with van der Waals surface area (Å²) < 4.78 is 38.7. The summed E-state index contributed by atoms with van der Waals surface area (Å²) in [7, 11) is 0. The first-order chi connectivity index (χ1) is 8.40. The number of hydrogen-bond acceptors (Lipinski definition) is 2. The molecule has 0 saturated carbocycles. The highest BCUT2D eigenvalue weighted by molar-refractivity contribution is 5.76. The van der Waals surface area contributed by atoms with E-state index in [0.29, 0.717) is 6.07 Å². The van der Waals surface area contributed by atoms with Gasteiger partial charge >= 0.3 is 0 Å². The van der Waals surface area contributed by atoms with E-state index in [0.717, 1.165) is 6.07 Å². The van der Waals surface area contributed by atoms with Crippen molar-refractivity contribution in [2.75, 3.05) is 11.9 Å². The van der Waals surface area contributed by atoms with Crippen molar-refractivity contribution in [3.63, 3.8) is 0 Å². The molecule has 1 rings (SSSR count). The third kappa shape index (κ3) is 4.27. The number of rotatable bonds is 5. The summed E-state index contributed by atoms with van der Waals surface area (Å²) in [6.45, 7) is 3.78. The van der Waals surface area contributed by atoms with Gasteiger partial charge in [-0.05, 0) is 13.8 Å². The van der Waals surface area contributed by atoms with Crippen LogP contribution in [0.3, 0.4) is 0 Å². The molecule has 0 aromatic heterocycles. The minimum Gasteiger partial charge on any atom is -0.382 e. The van der Waals surface area contributed by atoms with Crippen LogP contribution in [0.15, 0.2) is 12.1 Å².